The molecule has 16 heavy (non-hydrogen) atoms. The molecule has 0 aromatic carbocycles. The third-order valence-corrected chi connectivity index (χ3v) is 2.41. The van der Waals surface area contributed by atoms with Gasteiger partial charge in [0.05, 0.1) is 6.61 Å². The Labute approximate surface area is 93.7 Å². The van der Waals surface area contributed by atoms with Crippen LogP contribution in [-0.2, 0) is 14.2 Å². The first-order valence-corrected chi connectivity index (χ1v) is 4.86. The van der Waals surface area contributed by atoms with Crippen molar-refractivity contribution in [1.82, 2.24) is 0 Å². The van der Waals surface area contributed by atoms with Crippen molar-refractivity contribution >= 4 is 0 Å². The molecule has 1 saturated heterocycles. The zero-order valence-electron chi connectivity index (χ0n) is 8.94. The molecule has 5 atom stereocenters. The summed E-state index contributed by atoms with van der Waals surface area (Å²) < 4.78 is 15.1. The Morgan fingerprint density at radius 3 is 2.56 bits per heavy atom. The number of rotatable bonds is 4. The average Bonchev–Trinajstić information content (AvgIpc) is 2.29. The molecule has 3 N–H and O–H groups in total. The Hall–Kier alpha value is -0.680. The number of methoxy groups -OCH3 is 1. The van der Waals surface area contributed by atoms with Gasteiger partial charge in [-0.25, -0.2) is 0 Å². The fourth-order valence-corrected chi connectivity index (χ4v) is 1.59. The van der Waals surface area contributed by atoms with Gasteiger partial charge in [-0.15, -0.1) is 6.42 Å². The van der Waals surface area contributed by atoms with Crippen molar-refractivity contribution in [3.8, 4) is 12.3 Å². The van der Waals surface area contributed by atoms with Crippen LogP contribution >= 0.6 is 0 Å². The van der Waals surface area contributed by atoms with Gasteiger partial charge in [0.15, 0.2) is 6.29 Å². The van der Waals surface area contributed by atoms with Crippen LogP contribution in [-0.4, -0.2) is 66.3 Å². The number of aliphatic hydroxyl groups is 3. The minimum absolute atomic E-state index is 0.0482. The van der Waals surface area contributed by atoms with E-state index in [9.17, 15) is 10.2 Å². The first-order chi connectivity index (χ1) is 7.65. The topological polar surface area (TPSA) is 88.4 Å². The fraction of sp³-hybridized carbons (Fsp3) is 0.800. The lowest BCUT2D eigenvalue weighted by atomic mass is 9.99. The van der Waals surface area contributed by atoms with E-state index in [1.165, 1.54) is 7.11 Å². The third-order valence-electron chi connectivity index (χ3n) is 2.41. The van der Waals surface area contributed by atoms with Gasteiger partial charge < -0.3 is 29.5 Å². The minimum atomic E-state index is -1.16. The predicted octanol–water partition coefficient (Wildman–Crippen LogP) is -1.91. The maximum atomic E-state index is 9.75. The zero-order chi connectivity index (χ0) is 12.1. The van der Waals surface area contributed by atoms with Crippen LogP contribution in [0.2, 0.25) is 0 Å². The third kappa shape index (κ3) is 2.71. The minimum Gasteiger partial charge on any atom is -0.394 e. The summed E-state index contributed by atoms with van der Waals surface area (Å²) >= 11 is 0. The molecule has 1 rings (SSSR count). The molecule has 6 heteroatoms. The molecule has 92 valence electrons. The molecule has 0 aliphatic carbocycles. The van der Waals surface area contributed by atoms with Gasteiger partial charge in [0.2, 0.25) is 0 Å². The molecule has 0 aromatic rings. The highest BCUT2D eigenvalue weighted by Gasteiger charge is 2.45. The van der Waals surface area contributed by atoms with Crippen LogP contribution in [0.3, 0.4) is 0 Å². The summed E-state index contributed by atoms with van der Waals surface area (Å²) in [5, 5.41) is 28.5. The number of hydrogen-bond donors (Lipinski definition) is 3. The molecular formula is C10H16O6. The van der Waals surface area contributed by atoms with Crippen molar-refractivity contribution in [2.24, 2.45) is 0 Å². The van der Waals surface area contributed by atoms with Gasteiger partial charge >= 0.3 is 0 Å². The molecule has 0 radical (unpaired) electrons. The Morgan fingerprint density at radius 1 is 1.38 bits per heavy atom. The normalized spacial score (nSPS) is 39.3. The van der Waals surface area contributed by atoms with Gasteiger partial charge in [-0.2, -0.15) is 0 Å². The predicted molar refractivity (Wildman–Crippen MR) is 53.3 cm³/mol. The Bertz CT molecular complexity index is 234. The molecule has 1 aliphatic rings. The van der Waals surface area contributed by atoms with Gasteiger partial charge in [-0.1, -0.05) is 5.92 Å². The second-order valence-electron chi connectivity index (χ2n) is 3.42. The summed E-state index contributed by atoms with van der Waals surface area (Å²) in [7, 11) is 1.35. The molecule has 0 spiro atoms. The van der Waals surface area contributed by atoms with Crippen LogP contribution in [0.5, 0.6) is 0 Å². The van der Waals surface area contributed by atoms with Gasteiger partial charge in [0.1, 0.15) is 31.0 Å². The van der Waals surface area contributed by atoms with E-state index in [4.69, 9.17) is 25.7 Å². The van der Waals surface area contributed by atoms with E-state index in [2.05, 4.69) is 5.92 Å². The molecule has 1 heterocycles. The largest absolute Gasteiger partial charge is 0.394 e. The number of terminal acetylenes is 1. The molecular weight excluding hydrogens is 216 g/mol. The molecule has 0 aromatic heterocycles. The van der Waals surface area contributed by atoms with Crippen molar-refractivity contribution < 1.29 is 29.5 Å². The van der Waals surface area contributed by atoms with E-state index in [0.717, 1.165) is 0 Å². The standard InChI is InChI=1S/C10H16O6/c1-3-4-15-9-7(12)6(5-11)16-10(14-2)8(9)13/h1,6-13H,4-5H2,2H3/t6-,7+,8-,9+,10-/m1/s1. The monoisotopic (exact) mass is 232 g/mol. The Kier molecular flexibility index (Phi) is 5.15. The van der Waals surface area contributed by atoms with E-state index in [1.54, 1.807) is 0 Å². The van der Waals surface area contributed by atoms with Crippen molar-refractivity contribution in [3.63, 3.8) is 0 Å². The van der Waals surface area contributed by atoms with Gasteiger partial charge in [-0.3, -0.25) is 0 Å². The highest BCUT2D eigenvalue weighted by molar-refractivity contribution is 4.92. The number of aliphatic hydroxyl groups excluding tert-OH is 3. The molecule has 0 amide bonds. The summed E-state index contributed by atoms with van der Waals surface area (Å²) in [6.07, 6.45) is -0.0466. The van der Waals surface area contributed by atoms with Gasteiger partial charge in [-0.05, 0) is 0 Å². The highest BCUT2D eigenvalue weighted by atomic mass is 16.7. The van der Waals surface area contributed by atoms with E-state index in [-0.39, 0.29) is 6.61 Å². The molecule has 0 unspecified atom stereocenters. The van der Waals surface area contributed by atoms with Crippen LogP contribution in [0.25, 0.3) is 0 Å². The second-order valence-corrected chi connectivity index (χ2v) is 3.42. The van der Waals surface area contributed by atoms with Crippen LogP contribution in [0.1, 0.15) is 0 Å². The van der Waals surface area contributed by atoms with Crippen LogP contribution < -0.4 is 0 Å². The van der Waals surface area contributed by atoms with Crippen LogP contribution in [0, 0.1) is 12.3 Å². The maximum Gasteiger partial charge on any atom is 0.186 e. The summed E-state index contributed by atoms with van der Waals surface area (Å²) in [6.45, 7) is -0.447. The summed E-state index contributed by atoms with van der Waals surface area (Å²) in [4.78, 5) is 0. The van der Waals surface area contributed by atoms with Crippen LogP contribution in [0.4, 0.5) is 0 Å². The molecule has 1 aliphatic heterocycles. The zero-order valence-corrected chi connectivity index (χ0v) is 8.94. The summed E-state index contributed by atoms with van der Waals surface area (Å²) in [5.41, 5.74) is 0. The van der Waals surface area contributed by atoms with E-state index in [1.807, 2.05) is 0 Å². The number of hydrogen-bond acceptors (Lipinski definition) is 6. The summed E-state index contributed by atoms with van der Waals surface area (Å²) in [5.74, 6) is 2.23. The smallest absolute Gasteiger partial charge is 0.186 e. The SMILES string of the molecule is C#CCO[C@H]1[C@@H](O)[C@@H](CO)O[C@@H](OC)[C@@H]1O. The average molecular weight is 232 g/mol. The van der Waals surface area contributed by atoms with Gasteiger partial charge in [0.25, 0.3) is 0 Å². The van der Waals surface area contributed by atoms with Gasteiger partial charge in [0, 0.05) is 7.11 Å². The lowest BCUT2D eigenvalue weighted by Crippen LogP contribution is -2.59. The first-order valence-electron chi connectivity index (χ1n) is 4.86. The molecule has 0 bridgehead atoms. The quantitative estimate of drug-likeness (QED) is 0.490. The van der Waals surface area contributed by atoms with E-state index >= 15 is 0 Å². The molecule has 1 fully saturated rings. The number of ether oxygens (including phenoxy) is 3. The Morgan fingerprint density at radius 2 is 2.06 bits per heavy atom. The van der Waals surface area contributed by atoms with Crippen molar-refractivity contribution in [2.45, 2.75) is 30.7 Å². The fourth-order valence-electron chi connectivity index (χ4n) is 1.59. The first kappa shape index (κ1) is 13.4. The highest BCUT2D eigenvalue weighted by Crippen LogP contribution is 2.23. The van der Waals surface area contributed by atoms with Crippen molar-refractivity contribution in [2.75, 3.05) is 20.3 Å². The lowest BCUT2D eigenvalue weighted by molar-refractivity contribution is -0.300. The lowest BCUT2D eigenvalue weighted by Gasteiger charge is -2.40. The van der Waals surface area contributed by atoms with Crippen molar-refractivity contribution in [3.05, 3.63) is 0 Å². The van der Waals surface area contributed by atoms with Crippen molar-refractivity contribution in [1.29, 1.82) is 0 Å². The summed E-state index contributed by atoms with van der Waals surface area (Å²) in [6, 6.07) is 0. The second kappa shape index (κ2) is 6.15. The molecule has 0 saturated carbocycles. The van der Waals surface area contributed by atoms with E-state index in [0.29, 0.717) is 0 Å². The van der Waals surface area contributed by atoms with Crippen LogP contribution in [0.15, 0.2) is 0 Å². The molecule has 6 nitrogen and oxygen atoms in total. The van der Waals surface area contributed by atoms with E-state index < -0.39 is 37.3 Å². The maximum absolute atomic E-state index is 9.75. The Balaban J connectivity index is 2.72.